The molecule has 0 bridgehead atoms. The Morgan fingerprint density at radius 3 is 2.23 bits per heavy atom. The number of phenols is 1. The summed E-state index contributed by atoms with van der Waals surface area (Å²) in [6, 6.07) is 22.1. The lowest BCUT2D eigenvalue weighted by Gasteiger charge is -2.11. The molecule has 0 spiro atoms. The number of hydrogen-bond donors (Lipinski definition) is 4. The summed E-state index contributed by atoms with van der Waals surface area (Å²) in [5.74, 6) is -0.407. The minimum atomic E-state index is -4.68. The Kier molecular flexibility index (Phi) is 5.28. The normalized spacial score (nSPS) is 11.8. The van der Waals surface area contributed by atoms with E-state index in [9.17, 15) is 18.1 Å². The summed E-state index contributed by atoms with van der Waals surface area (Å²) >= 11 is 0. The molecule has 9 heteroatoms. The summed E-state index contributed by atoms with van der Waals surface area (Å²) in [7, 11) is -4.68. The highest BCUT2D eigenvalue weighted by Gasteiger charge is 2.22. The molecule has 0 atom stereocenters. The van der Waals surface area contributed by atoms with Gasteiger partial charge in [0, 0.05) is 22.4 Å². The van der Waals surface area contributed by atoms with E-state index in [4.69, 9.17) is 5.73 Å². The second kappa shape index (κ2) is 8.05. The third kappa shape index (κ3) is 4.47. The highest BCUT2D eigenvalue weighted by molar-refractivity contribution is 7.86. The number of fused-ring (bicyclic) bond motifs is 1. The zero-order valence-corrected chi connectivity index (χ0v) is 16.9. The van der Waals surface area contributed by atoms with Crippen LogP contribution in [0.15, 0.2) is 94.0 Å². The van der Waals surface area contributed by atoms with Crippen molar-refractivity contribution in [2.75, 3.05) is 11.1 Å². The van der Waals surface area contributed by atoms with Gasteiger partial charge in [-0.2, -0.15) is 13.5 Å². The van der Waals surface area contributed by atoms with Crippen LogP contribution in [0.4, 0.5) is 28.4 Å². The van der Waals surface area contributed by atoms with Crippen LogP contribution in [0.25, 0.3) is 10.8 Å². The molecule has 5 N–H and O–H groups in total. The molecule has 0 aromatic heterocycles. The van der Waals surface area contributed by atoms with Crippen LogP contribution in [0, 0.1) is 0 Å². The van der Waals surface area contributed by atoms with Crippen LogP contribution in [-0.4, -0.2) is 18.1 Å². The molecule has 0 fully saturated rings. The summed E-state index contributed by atoms with van der Waals surface area (Å²) in [6.07, 6.45) is 0. The van der Waals surface area contributed by atoms with E-state index in [-0.39, 0.29) is 5.69 Å². The average Bonchev–Trinajstić information content (AvgIpc) is 2.74. The molecule has 0 unspecified atom stereocenters. The largest absolute Gasteiger partial charge is 0.505 e. The van der Waals surface area contributed by atoms with Crippen LogP contribution in [-0.2, 0) is 10.1 Å². The SMILES string of the molecule is Nc1ccc(N=Nc2c(S(=O)(=O)O)cc3cc(Nc4ccccc4)ccc3c2O)cc1. The first kappa shape index (κ1) is 20.3. The maximum Gasteiger partial charge on any atom is 0.296 e. The minimum Gasteiger partial charge on any atom is -0.505 e. The lowest BCUT2D eigenvalue weighted by molar-refractivity contribution is 0.472. The number of nitrogen functional groups attached to an aromatic ring is 1. The van der Waals surface area contributed by atoms with Gasteiger partial charge in [0.15, 0.2) is 5.75 Å². The Morgan fingerprint density at radius 1 is 0.839 bits per heavy atom. The Bertz CT molecular complexity index is 1390. The quantitative estimate of drug-likeness (QED) is 0.185. The molecule has 4 aromatic rings. The highest BCUT2D eigenvalue weighted by Crippen LogP contribution is 2.42. The van der Waals surface area contributed by atoms with E-state index in [0.29, 0.717) is 27.8 Å². The van der Waals surface area contributed by atoms with Crippen molar-refractivity contribution in [2.45, 2.75) is 4.90 Å². The highest BCUT2D eigenvalue weighted by atomic mass is 32.2. The lowest BCUT2D eigenvalue weighted by Crippen LogP contribution is -1.99. The van der Waals surface area contributed by atoms with Gasteiger partial charge >= 0.3 is 0 Å². The second-order valence-electron chi connectivity index (χ2n) is 6.77. The van der Waals surface area contributed by atoms with Gasteiger partial charge in [-0.05, 0) is 66.0 Å². The maximum absolute atomic E-state index is 12.0. The fourth-order valence-corrected chi connectivity index (χ4v) is 3.72. The molecule has 0 saturated carbocycles. The molecule has 0 aliphatic carbocycles. The van der Waals surface area contributed by atoms with Gasteiger partial charge in [0.05, 0.1) is 5.69 Å². The first-order valence-corrected chi connectivity index (χ1v) is 10.6. The van der Waals surface area contributed by atoms with Crippen LogP contribution < -0.4 is 11.1 Å². The third-order valence-electron chi connectivity index (χ3n) is 4.55. The third-order valence-corrected chi connectivity index (χ3v) is 5.42. The molecule has 4 aromatic carbocycles. The zero-order valence-electron chi connectivity index (χ0n) is 16.1. The number of anilines is 3. The van der Waals surface area contributed by atoms with Crippen LogP contribution in [0.1, 0.15) is 0 Å². The van der Waals surface area contributed by atoms with Gasteiger partial charge in [-0.15, -0.1) is 5.11 Å². The molecule has 0 heterocycles. The van der Waals surface area contributed by atoms with Gasteiger partial charge in [-0.1, -0.05) is 18.2 Å². The summed E-state index contributed by atoms with van der Waals surface area (Å²) in [4.78, 5) is -0.548. The first-order chi connectivity index (χ1) is 14.8. The number of nitrogens with two attached hydrogens (primary N) is 1. The van der Waals surface area contributed by atoms with Gasteiger partial charge in [0.1, 0.15) is 10.6 Å². The number of phenolic OH excluding ortho intramolecular Hbond substituents is 1. The molecule has 156 valence electrons. The van der Waals surface area contributed by atoms with E-state index in [1.807, 2.05) is 30.3 Å². The van der Waals surface area contributed by atoms with Crippen LogP contribution in [0.3, 0.4) is 0 Å². The number of para-hydroxylation sites is 1. The standard InChI is InChI=1S/C22H18N4O4S/c23-15-6-8-17(9-7-15)25-26-21-20(31(28,29)30)13-14-12-18(10-11-19(14)22(21)27)24-16-4-2-1-3-5-16/h1-13,24,27H,23H2,(H,28,29,30). The number of hydrogen-bond acceptors (Lipinski definition) is 7. The van der Waals surface area contributed by atoms with Crippen molar-refractivity contribution in [3.8, 4) is 5.75 Å². The Hall–Kier alpha value is -3.95. The maximum atomic E-state index is 12.0. The predicted octanol–water partition coefficient (Wildman–Crippen LogP) is 5.53. The van der Waals surface area contributed by atoms with E-state index in [1.54, 1.807) is 42.5 Å². The van der Waals surface area contributed by atoms with Crippen molar-refractivity contribution in [1.29, 1.82) is 0 Å². The van der Waals surface area contributed by atoms with E-state index in [2.05, 4.69) is 15.5 Å². The fraction of sp³-hybridized carbons (Fsp3) is 0. The molecule has 4 rings (SSSR count). The van der Waals surface area contributed by atoms with Crippen LogP contribution in [0.2, 0.25) is 0 Å². The van der Waals surface area contributed by atoms with Crippen molar-refractivity contribution in [3.05, 3.63) is 78.9 Å². The van der Waals surface area contributed by atoms with E-state index >= 15 is 0 Å². The van der Waals surface area contributed by atoms with Gasteiger partial charge in [0.25, 0.3) is 10.1 Å². The molecule has 8 nitrogen and oxygen atoms in total. The molecular weight excluding hydrogens is 416 g/mol. The lowest BCUT2D eigenvalue weighted by atomic mass is 10.1. The van der Waals surface area contributed by atoms with Crippen molar-refractivity contribution < 1.29 is 18.1 Å². The van der Waals surface area contributed by atoms with Crippen molar-refractivity contribution >= 4 is 49.3 Å². The minimum absolute atomic E-state index is 0.351. The number of rotatable bonds is 5. The van der Waals surface area contributed by atoms with Crippen molar-refractivity contribution in [2.24, 2.45) is 10.2 Å². The van der Waals surface area contributed by atoms with Gasteiger partial charge in [0.2, 0.25) is 0 Å². The monoisotopic (exact) mass is 434 g/mol. The van der Waals surface area contributed by atoms with Gasteiger partial charge in [-0.25, -0.2) is 0 Å². The Labute approximate surface area is 178 Å². The fourth-order valence-electron chi connectivity index (χ4n) is 3.06. The molecule has 0 amide bonds. The second-order valence-corrected chi connectivity index (χ2v) is 8.16. The number of nitrogens with one attached hydrogen (secondary N) is 1. The number of benzene rings is 4. The number of aromatic hydroxyl groups is 1. The summed E-state index contributed by atoms with van der Waals surface area (Å²) < 4.78 is 33.7. The molecule has 0 aliphatic heterocycles. The van der Waals surface area contributed by atoms with Crippen molar-refractivity contribution in [1.82, 2.24) is 0 Å². The van der Waals surface area contributed by atoms with Crippen LogP contribution >= 0.6 is 0 Å². The van der Waals surface area contributed by atoms with Gasteiger partial charge < -0.3 is 16.2 Å². The van der Waals surface area contributed by atoms with E-state index in [0.717, 1.165) is 5.69 Å². The topological polar surface area (TPSA) is 137 Å². The summed E-state index contributed by atoms with van der Waals surface area (Å²) in [6.45, 7) is 0. The number of azo groups is 1. The van der Waals surface area contributed by atoms with Crippen molar-refractivity contribution in [3.63, 3.8) is 0 Å². The molecule has 31 heavy (non-hydrogen) atoms. The first-order valence-electron chi connectivity index (χ1n) is 9.18. The number of nitrogens with zero attached hydrogens (tertiary/aromatic N) is 2. The van der Waals surface area contributed by atoms with Crippen LogP contribution in [0.5, 0.6) is 5.75 Å². The Balaban J connectivity index is 1.81. The summed E-state index contributed by atoms with van der Waals surface area (Å²) in [5.41, 5.74) is 7.73. The summed E-state index contributed by atoms with van der Waals surface area (Å²) in [5, 5.41) is 22.5. The molecule has 0 aliphatic rings. The van der Waals surface area contributed by atoms with E-state index < -0.39 is 20.8 Å². The average molecular weight is 434 g/mol. The smallest absolute Gasteiger partial charge is 0.296 e. The van der Waals surface area contributed by atoms with Gasteiger partial charge in [-0.3, -0.25) is 4.55 Å². The Morgan fingerprint density at radius 2 is 1.55 bits per heavy atom. The predicted molar refractivity (Wildman–Crippen MR) is 120 cm³/mol. The van der Waals surface area contributed by atoms with E-state index in [1.165, 1.54) is 6.07 Å². The molecular formula is C22H18N4O4S. The molecule has 0 radical (unpaired) electrons. The molecule has 0 saturated heterocycles. The zero-order chi connectivity index (χ0) is 22.0.